The fraction of sp³-hybridized carbons (Fsp3) is 0.643. The average molecular weight is 309 g/mol. The van der Waals surface area contributed by atoms with Gasteiger partial charge in [0.05, 0.1) is 6.54 Å². The van der Waals surface area contributed by atoms with Crippen LogP contribution in [0.1, 0.15) is 25.6 Å². The second-order valence-electron chi connectivity index (χ2n) is 6.01. The van der Waals surface area contributed by atoms with E-state index in [-0.39, 0.29) is 12.2 Å². The molecule has 0 bridgehead atoms. The molecule has 2 aliphatic rings. The van der Waals surface area contributed by atoms with E-state index < -0.39 is 29.4 Å². The molecule has 8 nitrogen and oxygen atoms in total. The van der Waals surface area contributed by atoms with Crippen LogP contribution in [-0.4, -0.2) is 46.9 Å². The van der Waals surface area contributed by atoms with Gasteiger partial charge < -0.3 is 14.2 Å². The van der Waals surface area contributed by atoms with Crippen molar-refractivity contribution < 1.29 is 14.2 Å². The lowest BCUT2D eigenvalue weighted by Gasteiger charge is -2.24. The number of aryl methyl sites for hydroxylation is 1. The second kappa shape index (κ2) is 5.15. The summed E-state index contributed by atoms with van der Waals surface area (Å²) < 4.78 is 19.0. The van der Waals surface area contributed by atoms with Crippen molar-refractivity contribution in [1.82, 2.24) is 9.55 Å². The van der Waals surface area contributed by atoms with E-state index >= 15 is 0 Å². The highest BCUT2D eigenvalue weighted by Gasteiger charge is 2.55. The zero-order valence-corrected chi connectivity index (χ0v) is 12.7. The minimum Gasteiger partial charge on any atom is -0.347 e. The van der Waals surface area contributed by atoms with E-state index in [1.54, 1.807) is 6.92 Å². The van der Waals surface area contributed by atoms with Crippen LogP contribution in [0.5, 0.6) is 0 Å². The molecule has 0 aliphatic carbocycles. The Hall–Kier alpha value is -1.77. The van der Waals surface area contributed by atoms with E-state index in [0.29, 0.717) is 12.1 Å². The van der Waals surface area contributed by atoms with Gasteiger partial charge in [0.2, 0.25) is 0 Å². The number of rotatable bonds is 3. The zero-order valence-electron chi connectivity index (χ0n) is 12.7. The van der Waals surface area contributed by atoms with Gasteiger partial charge in [0.25, 0.3) is 5.56 Å². The number of H-pyrrole nitrogens is 1. The van der Waals surface area contributed by atoms with E-state index in [9.17, 15) is 9.59 Å². The number of aromatic nitrogens is 2. The summed E-state index contributed by atoms with van der Waals surface area (Å²) >= 11 is 0. The summed E-state index contributed by atoms with van der Waals surface area (Å²) in [6.45, 7) is 9.05. The topological polar surface area (TPSA) is 94.9 Å². The number of hydrogen-bond donors (Lipinski definition) is 1. The quantitative estimate of drug-likeness (QED) is 0.791. The standard InChI is InChI=1S/C14H19N3O5/c1-7-6-17(13(19)16-11(7)18)12-10-9(8(20-12)5-15-4)21-14(2,3)22-10/h6,8-10,12H,4-5H2,1-3H3,(H,16,18,19)/t8-,9-,10-,12-/m1/s1. The summed E-state index contributed by atoms with van der Waals surface area (Å²) in [5, 5.41) is 0. The third-order valence-electron chi connectivity index (χ3n) is 3.85. The number of fused-ring (bicyclic) bond motifs is 1. The highest BCUT2D eigenvalue weighted by molar-refractivity contribution is 5.23. The molecule has 0 unspecified atom stereocenters. The fourth-order valence-electron chi connectivity index (χ4n) is 2.93. The molecule has 120 valence electrons. The molecule has 1 N–H and O–H groups in total. The van der Waals surface area contributed by atoms with Crippen molar-refractivity contribution in [1.29, 1.82) is 0 Å². The number of aliphatic imine (C=N–C) groups is 1. The summed E-state index contributed by atoms with van der Waals surface area (Å²) in [6, 6.07) is 0. The summed E-state index contributed by atoms with van der Waals surface area (Å²) in [7, 11) is 0. The van der Waals surface area contributed by atoms with Gasteiger partial charge in [-0.05, 0) is 27.5 Å². The average Bonchev–Trinajstić information content (AvgIpc) is 2.89. The molecule has 1 aromatic heterocycles. The Balaban J connectivity index is 2.00. The van der Waals surface area contributed by atoms with Gasteiger partial charge in [0.15, 0.2) is 12.0 Å². The van der Waals surface area contributed by atoms with Gasteiger partial charge in [-0.2, -0.15) is 0 Å². The molecule has 2 aliphatic heterocycles. The maximum absolute atomic E-state index is 12.1. The molecular weight excluding hydrogens is 290 g/mol. The van der Waals surface area contributed by atoms with Gasteiger partial charge >= 0.3 is 5.69 Å². The molecule has 22 heavy (non-hydrogen) atoms. The van der Waals surface area contributed by atoms with E-state index in [1.807, 2.05) is 13.8 Å². The van der Waals surface area contributed by atoms with Crippen LogP contribution in [0, 0.1) is 6.92 Å². The maximum Gasteiger partial charge on any atom is 0.330 e. The lowest BCUT2D eigenvalue weighted by Crippen LogP contribution is -2.38. The predicted molar refractivity (Wildman–Crippen MR) is 78.2 cm³/mol. The van der Waals surface area contributed by atoms with Gasteiger partial charge in [-0.25, -0.2) is 4.79 Å². The first-order valence-corrected chi connectivity index (χ1v) is 7.08. The van der Waals surface area contributed by atoms with Crippen LogP contribution >= 0.6 is 0 Å². The van der Waals surface area contributed by atoms with Crippen molar-refractivity contribution in [2.24, 2.45) is 4.99 Å². The van der Waals surface area contributed by atoms with E-state index in [2.05, 4.69) is 16.7 Å². The summed E-state index contributed by atoms with van der Waals surface area (Å²) in [5.74, 6) is -0.766. The Morgan fingerprint density at radius 1 is 1.36 bits per heavy atom. The van der Waals surface area contributed by atoms with Crippen LogP contribution in [0.15, 0.2) is 20.8 Å². The molecule has 0 aromatic carbocycles. The second-order valence-corrected chi connectivity index (χ2v) is 6.01. The highest BCUT2D eigenvalue weighted by atomic mass is 16.8. The van der Waals surface area contributed by atoms with Gasteiger partial charge in [-0.15, -0.1) is 0 Å². The largest absolute Gasteiger partial charge is 0.347 e. The van der Waals surface area contributed by atoms with Crippen LogP contribution < -0.4 is 11.2 Å². The first-order valence-electron chi connectivity index (χ1n) is 7.08. The van der Waals surface area contributed by atoms with Crippen LogP contribution in [0.4, 0.5) is 0 Å². The lowest BCUT2D eigenvalue weighted by molar-refractivity contribution is -0.196. The van der Waals surface area contributed by atoms with Crippen molar-refractivity contribution in [3.05, 3.63) is 32.6 Å². The normalized spacial score (nSPS) is 32.9. The Morgan fingerprint density at radius 3 is 2.73 bits per heavy atom. The molecule has 4 atom stereocenters. The van der Waals surface area contributed by atoms with E-state index in [4.69, 9.17) is 14.2 Å². The third-order valence-corrected chi connectivity index (χ3v) is 3.85. The molecule has 0 saturated carbocycles. The molecule has 0 amide bonds. The number of ether oxygens (including phenoxy) is 3. The van der Waals surface area contributed by atoms with Crippen LogP contribution in [-0.2, 0) is 14.2 Å². The Morgan fingerprint density at radius 2 is 2.05 bits per heavy atom. The van der Waals surface area contributed by atoms with Crippen LogP contribution in [0.3, 0.4) is 0 Å². The zero-order chi connectivity index (χ0) is 16.1. The van der Waals surface area contributed by atoms with Crippen molar-refractivity contribution >= 4 is 6.72 Å². The SMILES string of the molecule is C=NC[C@H]1O[C@@H](n2cc(C)c(=O)[nH]c2=O)[C@@H]2OC(C)(C)O[C@@H]21. The highest BCUT2D eigenvalue weighted by Crippen LogP contribution is 2.42. The molecule has 2 saturated heterocycles. The number of nitrogens with one attached hydrogen (secondary N) is 1. The molecule has 0 spiro atoms. The first kappa shape index (κ1) is 15.1. The number of nitrogens with zero attached hydrogens (tertiary/aromatic N) is 2. The molecule has 3 rings (SSSR count). The molecule has 2 fully saturated rings. The number of aromatic amines is 1. The van der Waals surface area contributed by atoms with Gasteiger partial charge in [0, 0.05) is 11.8 Å². The van der Waals surface area contributed by atoms with Crippen molar-refractivity contribution in [2.75, 3.05) is 6.54 Å². The van der Waals surface area contributed by atoms with Gasteiger partial charge in [0.1, 0.15) is 18.3 Å². The molecular formula is C14H19N3O5. The third kappa shape index (κ3) is 2.43. The van der Waals surface area contributed by atoms with Gasteiger partial charge in [-0.3, -0.25) is 19.3 Å². The van der Waals surface area contributed by atoms with Crippen LogP contribution in [0.2, 0.25) is 0 Å². The monoisotopic (exact) mass is 309 g/mol. The molecule has 3 heterocycles. The number of hydrogen-bond acceptors (Lipinski definition) is 6. The van der Waals surface area contributed by atoms with Crippen molar-refractivity contribution in [2.45, 2.75) is 51.1 Å². The predicted octanol–water partition coefficient (Wildman–Crippen LogP) is -0.0369. The van der Waals surface area contributed by atoms with Crippen molar-refractivity contribution in [3.63, 3.8) is 0 Å². The molecule has 8 heteroatoms. The lowest BCUT2D eigenvalue weighted by atomic mass is 10.1. The van der Waals surface area contributed by atoms with Crippen molar-refractivity contribution in [3.8, 4) is 0 Å². The van der Waals surface area contributed by atoms with Gasteiger partial charge in [-0.1, -0.05) is 0 Å². The first-order chi connectivity index (χ1) is 10.3. The van der Waals surface area contributed by atoms with E-state index in [1.165, 1.54) is 10.8 Å². The van der Waals surface area contributed by atoms with Crippen LogP contribution in [0.25, 0.3) is 0 Å². The fourth-order valence-corrected chi connectivity index (χ4v) is 2.93. The minimum absolute atomic E-state index is 0.341. The molecule has 1 aromatic rings. The summed E-state index contributed by atoms with van der Waals surface area (Å²) in [4.78, 5) is 29.7. The summed E-state index contributed by atoms with van der Waals surface area (Å²) in [6.07, 6.45) is -0.356. The Kier molecular flexibility index (Phi) is 3.54. The Labute approximate surface area is 126 Å². The minimum atomic E-state index is -0.766. The van der Waals surface area contributed by atoms with E-state index in [0.717, 1.165) is 0 Å². The maximum atomic E-state index is 12.1. The smallest absolute Gasteiger partial charge is 0.330 e. The molecule has 0 radical (unpaired) electrons. The summed E-state index contributed by atoms with van der Waals surface area (Å²) in [5.41, 5.74) is -0.535. The Bertz CT molecular complexity index is 707.